The first-order valence-corrected chi connectivity index (χ1v) is 6.54. The van der Waals surface area contributed by atoms with E-state index in [-0.39, 0.29) is 17.0 Å². The van der Waals surface area contributed by atoms with Gasteiger partial charge < -0.3 is 0 Å². The van der Waals surface area contributed by atoms with E-state index >= 15 is 0 Å². The average Bonchev–Trinajstić information content (AvgIpc) is 2.35. The topological polar surface area (TPSA) is 17.1 Å². The maximum absolute atomic E-state index is 13.6. The molecule has 0 heterocycles. The molecule has 0 fully saturated rings. The van der Waals surface area contributed by atoms with E-state index in [1.807, 2.05) is 0 Å². The first kappa shape index (κ1) is 14.3. The van der Waals surface area contributed by atoms with Crippen LogP contribution in [-0.4, -0.2) is 5.78 Å². The first-order valence-electron chi connectivity index (χ1n) is 5.41. The van der Waals surface area contributed by atoms with E-state index in [4.69, 9.17) is 34.8 Å². The monoisotopic (exact) mass is 316 g/mol. The number of carbonyl (C=O) groups excluding carboxylic acids is 1. The summed E-state index contributed by atoms with van der Waals surface area (Å²) >= 11 is 17.7. The molecule has 0 N–H and O–H groups in total. The molecule has 0 aliphatic rings. The summed E-state index contributed by atoms with van der Waals surface area (Å²) in [4.78, 5) is 12.1. The summed E-state index contributed by atoms with van der Waals surface area (Å²) in [5.74, 6) is -1.08. The molecular weight excluding hydrogens is 310 g/mol. The van der Waals surface area contributed by atoms with Crippen LogP contribution in [0.15, 0.2) is 36.4 Å². The Morgan fingerprint density at radius 1 is 1.00 bits per heavy atom. The Morgan fingerprint density at radius 2 is 1.63 bits per heavy atom. The smallest absolute Gasteiger partial charge is 0.171 e. The first-order chi connectivity index (χ1) is 9.00. The van der Waals surface area contributed by atoms with Gasteiger partial charge in [-0.3, -0.25) is 4.79 Å². The van der Waals surface area contributed by atoms with Crippen molar-refractivity contribution in [1.82, 2.24) is 0 Å². The highest BCUT2D eigenvalue weighted by atomic mass is 35.5. The molecule has 98 valence electrons. The highest BCUT2D eigenvalue weighted by Crippen LogP contribution is 2.28. The minimum atomic E-state index is -0.643. The van der Waals surface area contributed by atoms with Crippen LogP contribution in [0.5, 0.6) is 0 Å². The fourth-order valence-corrected chi connectivity index (χ4v) is 2.37. The maximum atomic E-state index is 13.6. The minimum absolute atomic E-state index is 0.0555. The quantitative estimate of drug-likeness (QED) is 0.710. The third kappa shape index (κ3) is 3.08. The molecule has 0 aromatic heterocycles. The summed E-state index contributed by atoms with van der Waals surface area (Å²) in [6, 6.07) is 9.07. The van der Waals surface area contributed by atoms with Crippen molar-refractivity contribution in [2.75, 3.05) is 0 Å². The number of Topliss-reactive ketones (excluding diaryl/α,β-unsaturated/α-hetero) is 1. The lowest BCUT2D eigenvalue weighted by Crippen LogP contribution is -2.07. The number of benzene rings is 2. The van der Waals surface area contributed by atoms with Gasteiger partial charge in [0.25, 0.3) is 0 Å². The number of hydrogen-bond acceptors (Lipinski definition) is 1. The zero-order chi connectivity index (χ0) is 14.0. The Morgan fingerprint density at radius 3 is 2.32 bits per heavy atom. The Labute approximate surface area is 124 Å². The van der Waals surface area contributed by atoms with Crippen LogP contribution in [0.4, 0.5) is 4.39 Å². The second-order valence-corrected chi connectivity index (χ2v) is 5.10. The molecule has 2 aromatic rings. The zero-order valence-electron chi connectivity index (χ0n) is 9.59. The minimum Gasteiger partial charge on any atom is -0.294 e. The number of hydrogen-bond donors (Lipinski definition) is 0. The van der Waals surface area contributed by atoms with Gasteiger partial charge >= 0.3 is 0 Å². The standard InChI is InChI=1S/C14H8Cl3FO/c15-9-4-2-6-11(18)13(9)12(19)7-8-3-1-5-10(16)14(8)17/h1-6H,7H2. The lowest BCUT2D eigenvalue weighted by molar-refractivity contribution is 0.0989. The molecule has 5 heteroatoms. The third-order valence-electron chi connectivity index (χ3n) is 2.62. The van der Waals surface area contributed by atoms with Gasteiger partial charge in [-0.05, 0) is 23.8 Å². The van der Waals surface area contributed by atoms with Gasteiger partial charge in [0.05, 0.1) is 20.6 Å². The molecule has 2 rings (SSSR count). The van der Waals surface area contributed by atoms with Crippen molar-refractivity contribution < 1.29 is 9.18 Å². The highest BCUT2D eigenvalue weighted by molar-refractivity contribution is 6.42. The van der Waals surface area contributed by atoms with Crippen LogP contribution in [0.1, 0.15) is 15.9 Å². The van der Waals surface area contributed by atoms with Crippen LogP contribution in [0.2, 0.25) is 15.1 Å². The fraction of sp³-hybridized carbons (Fsp3) is 0.0714. The number of carbonyl (C=O) groups is 1. The molecule has 0 atom stereocenters. The predicted octanol–water partition coefficient (Wildman–Crippen LogP) is 5.21. The van der Waals surface area contributed by atoms with Crippen molar-refractivity contribution in [2.45, 2.75) is 6.42 Å². The van der Waals surface area contributed by atoms with Gasteiger partial charge in [-0.1, -0.05) is 53.0 Å². The predicted molar refractivity (Wildman–Crippen MR) is 75.9 cm³/mol. The molecular formula is C14H8Cl3FO. The van der Waals surface area contributed by atoms with E-state index in [0.717, 1.165) is 0 Å². The maximum Gasteiger partial charge on any atom is 0.171 e. The van der Waals surface area contributed by atoms with Gasteiger partial charge in [0, 0.05) is 6.42 Å². The average molecular weight is 318 g/mol. The summed E-state index contributed by atoms with van der Waals surface area (Å²) in [5, 5.41) is 0.736. The Kier molecular flexibility index (Phi) is 4.46. The molecule has 0 aliphatic carbocycles. The van der Waals surface area contributed by atoms with Gasteiger partial charge in [-0.2, -0.15) is 0 Å². The zero-order valence-corrected chi connectivity index (χ0v) is 11.9. The van der Waals surface area contributed by atoms with E-state index in [1.54, 1.807) is 18.2 Å². The lowest BCUT2D eigenvalue weighted by Gasteiger charge is -2.07. The largest absolute Gasteiger partial charge is 0.294 e. The normalized spacial score (nSPS) is 10.5. The molecule has 0 saturated heterocycles. The van der Waals surface area contributed by atoms with Crippen LogP contribution < -0.4 is 0 Å². The molecule has 0 unspecified atom stereocenters. The molecule has 2 aromatic carbocycles. The Balaban J connectivity index is 2.34. The molecule has 19 heavy (non-hydrogen) atoms. The van der Waals surface area contributed by atoms with Gasteiger partial charge in [0.1, 0.15) is 5.82 Å². The van der Waals surface area contributed by atoms with Crippen LogP contribution in [0.3, 0.4) is 0 Å². The fourth-order valence-electron chi connectivity index (χ4n) is 1.71. The number of ketones is 1. The van der Waals surface area contributed by atoms with Crippen molar-refractivity contribution in [1.29, 1.82) is 0 Å². The summed E-state index contributed by atoms with van der Waals surface area (Å²) in [7, 11) is 0. The molecule has 0 spiro atoms. The van der Waals surface area contributed by atoms with Gasteiger partial charge in [0.2, 0.25) is 0 Å². The van der Waals surface area contributed by atoms with Crippen LogP contribution in [-0.2, 0) is 6.42 Å². The van der Waals surface area contributed by atoms with Crippen LogP contribution in [0.25, 0.3) is 0 Å². The van der Waals surface area contributed by atoms with E-state index < -0.39 is 11.6 Å². The van der Waals surface area contributed by atoms with Crippen LogP contribution in [0, 0.1) is 5.82 Å². The van der Waals surface area contributed by atoms with Crippen molar-refractivity contribution >= 4 is 40.6 Å². The Hall–Kier alpha value is -1.09. The van der Waals surface area contributed by atoms with Crippen molar-refractivity contribution in [3.8, 4) is 0 Å². The molecule has 1 nitrogen and oxygen atoms in total. The van der Waals surface area contributed by atoms with Crippen molar-refractivity contribution in [3.05, 3.63) is 68.4 Å². The van der Waals surface area contributed by atoms with E-state index in [0.29, 0.717) is 15.6 Å². The summed E-state index contributed by atoms with van der Waals surface area (Å²) in [5.41, 5.74) is 0.415. The second kappa shape index (κ2) is 5.91. The van der Waals surface area contributed by atoms with Gasteiger partial charge in [-0.25, -0.2) is 4.39 Å². The van der Waals surface area contributed by atoms with Crippen LogP contribution >= 0.6 is 34.8 Å². The van der Waals surface area contributed by atoms with Gasteiger partial charge in [0.15, 0.2) is 5.78 Å². The highest BCUT2D eigenvalue weighted by Gasteiger charge is 2.17. The van der Waals surface area contributed by atoms with Crippen molar-refractivity contribution in [2.24, 2.45) is 0 Å². The summed E-state index contributed by atoms with van der Waals surface area (Å²) in [6.45, 7) is 0. The Bertz CT molecular complexity index is 620. The molecule has 0 saturated carbocycles. The number of rotatable bonds is 3. The molecule has 0 amide bonds. The summed E-state index contributed by atoms with van der Waals surface area (Å²) in [6.07, 6.45) is -0.0555. The van der Waals surface area contributed by atoms with Gasteiger partial charge in [-0.15, -0.1) is 0 Å². The molecule has 0 bridgehead atoms. The number of halogens is 4. The van der Waals surface area contributed by atoms with E-state index in [9.17, 15) is 9.18 Å². The second-order valence-electron chi connectivity index (χ2n) is 3.91. The third-order valence-corrected chi connectivity index (χ3v) is 3.80. The lowest BCUT2D eigenvalue weighted by atomic mass is 10.0. The van der Waals surface area contributed by atoms with Crippen molar-refractivity contribution in [3.63, 3.8) is 0 Å². The SMILES string of the molecule is O=C(Cc1cccc(Cl)c1Cl)c1c(F)cccc1Cl. The summed E-state index contributed by atoms with van der Waals surface area (Å²) < 4.78 is 13.6. The van der Waals surface area contributed by atoms with E-state index in [1.165, 1.54) is 18.2 Å². The molecule has 0 radical (unpaired) electrons. The molecule has 0 aliphatic heterocycles. The van der Waals surface area contributed by atoms with E-state index in [2.05, 4.69) is 0 Å².